The van der Waals surface area contributed by atoms with Crippen molar-refractivity contribution in [3.8, 4) is 21.1 Å². The predicted molar refractivity (Wildman–Crippen MR) is 132 cm³/mol. The molecule has 0 saturated heterocycles. The quantitative estimate of drug-likeness (QED) is 0.228. The fourth-order valence-electron chi connectivity index (χ4n) is 2.86. The number of ether oxygens (including phenoxy) is 2. The molecule has 0 saturated carbocycles. The first kappa shape index (κ1) is 24.8. The Morgan fingerprint density at radius 2 is 1.21 bits per heavy atom. The van der Waals surface area contributed by atoms with E-state index in [1.807, 2.05) is 64.1 Å². The van der Waals surface area contributed by atoms with Gasteiger partial charge in [-0.3, -0.25) is 4.79 Å². The van der Waals surface area contributed by atoms with Crippen LogP contribution in [0, 0.1) is 13.8 Å². The van der Waals surface area contributed by atoms with Gasteiger partial charge in [-0.1, -0.05) is 71.2 Å². The second kappa shape index (κ2) is 12.4. The van der Waals surface area contributed by atoms with Crippen molar-refractivity contribution in [1.82, 2.24) is 20.4 Å². The highest BCUT2D eigenvalue weighted by Crippen LogP contribution is 2.26. The molecule has 2 aromatic carbocycles. The molecule has 0 radical (unpaired) electrons. The number of aldehydes is 1. The monoisotopic (exact) mass is 482 g/mol. The molecule has 0 atom stereocenters. The Morgan fingerprint density at radius 1 is 0.758 bits per heavy atom. The van der Waals surface area contributed by atoms with Crippen LogP contribution in [0.2, 0.25) is 0 Å². The van der Waals surface area contributed by atoms with E-state index in [1.54, 1.807) is 34.8 Å². The molecule has 0 aliphatic rings. The van der Waals surface area contributed by atoms with E-state index >= 15 is 0 Å². The maximum absolute atomic E-state index is 10.4. The van der Waals surface area contributed by atoms with Gasteiger partial charge in [0.25, 0.3) is 0 Å². The molecule has 9 heteroatoms. The third-order valence-electron chi connectivity index (χ3n) is 4.41. The van der Waals surface area contributed by atoms with Crippen molar-refractivity contribution < 1.29 is 14.3 Å². The number of nitrogens with zero attached hydrogens (tertiary/aromatic N) is 4. The molecule has 4 aromatic rings. The zero-order valence-electron chi connectivity index (χ0n) is 19.0. The molecule has 0 unspecified atom stereocenters. The SMILES string of the molecule is CCOC(OCC)c1ccc(-c2nnc(C)s2)cc1.Cc1nnc(-c2ccc(C=O)cc2)s1. The zero-order chi connectivity index (χ0) is 23.6. The Bertz CT molecular complexity index is 1140. The summed E-state index contributed by atoms with van der Waals surface area (Å²) in [5, 5.41) is 19.9. The third kappa shape index (κ3) is 7.06. The molecule has 172 valence electrons. The lowest BCUT2D eigenvalue weighted by Crippen LogP contribution is -2.08. The van der Waals surface area contributed by atoms with E-state index in [1.165, 1.54) is 0 Å². The maximum atomic E-state index is 10.4. The lowest BCUT2D eigenvalue weighted by molar-refractivity contribution is -0.140. The molecule has 7 nitrogen and oxygen atoms in total. The summed E-state index contributed by atoms with van der Waals surface area (Å²) in [6.07, 6.45) is 0.537. The Balaban J connectivity index is 0.000000194. The number of aromatic nitrogens is 4. The van der Waals surface area contributed by atoms with Gasteiger partial charge in [0.1, 0.15) is 26.3 Å². The first-order valence-electron chi connectivity index (χ1n) is 10.5. The average molecular weight is 483 g/mol. The van der Waals surface area contributed by atoms with Gasteiger partial charge >= 0.3 is 0 Å². The van der Waals surface area contributed by atoms with Crippen LogP contribution in [0.25, 0.3) is 21.1 Å². The van der Waals surface area contributed by atoms with Gasteiger partial charge in [-0.15, -0.1) is 20.4 Å². The normalized spacial score (nSPS) is 10.7. The summed E-state index contributed by atoms with van der Waals surface area (Å²) in [4.78, 5) is 10.4. The van der Waals surface area contributed by atoms with E-state index in [0.29, 0.717) is 18.8 Å². The second-order valence-corrected chi connectivity index (χ2v) is 9.22. The number of carbonyl (C=O) groups is 1. The van der Waals surface area contributed by atoms with Crippen molar-refractivity contribution in [1.29, 1.82) is 0 Å². The molecule has 2 heterocycles. The van der Waals surface area contributed by atoms with Crippen molar-refractivity contribution in [3.63, 3.8) is 0 Å². The fraction of sp³-hybridized carbons (Fsp3) is 0.292. The van der Waals surface area contributed by atoms with Gasteiger partial charge in [-0.05, 0) is 27.7 Å². The topological polar surface area (TPSA) is 87.1 Å². The van der Waals surface area contributed by atoms with Gasteiger partial charge in [0.2, 0.25) is 0 Å². The molecular formula is C24H26N4O3S2. The highest BCUT2D eigenvalue weighted by molar-refractivity contribution is 7.14. The van der Waals surface area contributed by atoms with E-state index in [0.717, 1.165) is 43.0 Å². The minimum Gasteiger partial charge on any atom is -0.349 e. The third-order valence-corrected chi connectivity index (χ3v) is 6.19. The van der Waals surface area contributed by atoms with Gasteiger partial charge in [0, 0.05) is 35.5 Å². The second-order valence-electron chi connectivity index (χ2n) is 6.86. The van der Waals surface area contributed by atoms with Crippen molar-refractivity contribution in [2.75, 3.05) is 13.2 Å². The van der Waals surface area contributed by atoms with Crippen molar-refractivity contribution in [3.05, 3.63) is 69.7 Å². The van der Waals surface area contributed by atoms with Crippen LogP contribution in [0.15, 0.2) is 48.5 Å². The van der Waals surface area contributed by atoms with Crippen LogP contribution >= 0.6 is 22.7 Å². The van der Waals surface area contributed by atoms with E-state index in [9.17, 15) is 4.79 Å². The van der Waals surface area contributed by atoms with Crippen LogP contribution in [0.1, 0.15) is 46.1 Å². The van der Waals surface area contributed by atoms with Gasteiger partial charge in [0.15, 0.2) is 6.29 Å². The summed E-state index contributed by atoms with van der Waals surface area (Å²) in [7, 11) is 0. The van der Waals surface area contributed by atoms with Gasteiger partial charge in [0.05, 0.1) is 0 Å². The summed E-state index contributed by atoms with van der Waals surface area (Å²) < 4.78 is 11.1. The molecule has 0 bridgehead atoms. The maximum Gasteiger partial charge on any atom is 0.183 e. The Hall–Kier alpha value is -2.85. The molecule has 0 aliphatic heterocycles. The molecule has 0 spiro atoms. The summed E-state index contributed by atoms with van der Waals surface area (Å²) >= 11 is 3.13. The molecule has 0 N–H and O–H groups in total. The van der Waals surface area contributed by atoms with Gasteiger partial charge in [-0.25, -0.2) is 0 Å². The average Bonchev–Trinajstić information content (AvgIpc) is 3.48. The largest absolute Gasteiger partial charge is 0.349 e. The Labute approximate surface area is 201 Å². The van der Waals surface area contributed by atoms with Crippen molar-refractivity contribution in [2.24, 2.45) is 0 Å². The minimum atomic E-state index is -0.291. The molecule has 2 aromatic heterocycles. The number of hydrogen-bond acceptors (Lipinski definition) is 9. The Morgan fingerprint density at radius 3 is 1.58 bits per heavy atom. The standard InChI is InChI=1S/C14H18N2O2S.C10H8N2OS/c1-4-17-14(18-5-2)12-8-6-11(7-9-12)13-16-15-10(3)19-13;1-7-11-12-10(14-7)9-4-2-8(6-13)3-5-9/h6-9,14H,4-5H2,1-3H3;2-6H,1H3. The summed E-state index contributed by atoms with van der Waals surface area (Å²) in [6, 6.07) is 15.4. The molecule has 33 heavy (non-hydrogen) atoms. The number of benzene rings is 2. The Kier molecular flexibility index (Phi) is 9.32. The van der Waals surface area contributed by atoms with E-state index in [-0.39, 0.29) is 6.29 Å². The molecular weight excluding hydrogens is 456 g/mol. The van der Waals surface area contributed by atoms with Gasteiger partial charge < -0.3 is 9.47 Å². The van der Waals surface area contributed by atoms with Gasteiger partial charge in [-0.2, -0.15) is 0 Å². The highest BCUT2D eigenvalue weighted by Gasteiger charge is 2.12. The van der Waals surface area contributed by atoms with Crippen LogP contribution in [-0.4, -0.2) is 39.9 Å². The molecule has 0 aliphatic carbocycles. The molecule has 0 fully saturated rings. The smallest absolute Gasteiger partial charge is 0.183 e. The predicted octanol–water partition coefficient (Wildman–Crippen LogP) is 5.91. The minimum absolute atomic E-state index is 0.291. The number of aryl methyl sites for hydroxylation is 2. The fourth-order valence-corrected chi connectivity index (χ4v) is 4.25. The molecule has 0 amide bonds. The summed E-state index contributed by atoms with van der Waals surface area (Å²) in [5.41, 5.74) is 3.77. The van der Waals surface area contributed by atoms with Crippen molar-refractivity contribution in [2.45, 2.75) is 34.0 Å². The highest BCUT2D eigenvalue weighted by atomic mass is 32.1. The first-order chi connectivity index (χ1) is 16.0. The number of rotatable bonds is 8. The van der Waals surface area contributed by atoms with Crippen LogP contribution < -0.4 is 0 Å². The van der Waals surface area contributed by atoms with E-state index in [4.69, 9.17) is 9.47 Å². The van der Waals surface area contributed by atoms with Crippen LogP contribution in [0.3, 0.4) is 0 Å². The lowest BCUT2D eigenvalue weighted by atomic mass is 10.1. The van der Waals surface area contributed by atoms with E-state index in [2.05, 4.69) is 20.4 Å². The summed E-state index contributed by atoms with van der Waals surface area (Å²) in [6.45, 7) is 9.05. The van der Waals surface area contributed by atoms with E-state index < -0.39 is 0 Å². The number of hydrogen-bond donors (Lipinski definition) is 0. The zero-order valence-corrected chi connectivity index (χ0v) is 20.7. The number of carbonyl (C=O) groups excluding carboxylic acids is 1. The lowest BCUT2D eigenvalue weighted by Gasteiger charge is -2.17. The van der Waals surface area contributed by atoms with Crippen LogP contribution in [0.4, 0.5) is 0 Å². The van der Waals surface area contributed by atoms with Crippen LogP contribution in [-0.2, 0) is 9.47 Å². The van der Waals surface area contributed by atoms with Crippen LogP contribution in [0.5, 0.6) is 0 Å². The summed E-state index contributed by atoms with van der Waals surface area (Å²) in [5.74, 6) is 0. The molecule has 4 rings (SSSR count). The van der Waals surface area contributed by atoms with Crippen molar-refractivity contribution >= 4 is 29.0 Å². The first-order valence-corrected chi connectivity index (χ1v) is 12.2.